The summed E-state index contributed by atoms with van der Waals surface area (Å²) in [6, 6.07) is 21.2. The van der Waals surface area contributed by atoms with E-state index in [-0.39, 0.29) is 23.5 Å². The van der Waals surface area contributed by atoms with Crippen LogP contribution in [0.3, 0.4) is 0 Å². The molecule has 3 aromatic rings. The molecule has 0 unspecified atom stereocenters. The quantitative estimate of drug-likeness (QED) is 0.614. The molecule has 0 spiro atoms. The lowest BCUT2D eigenvalue weighted by molar-refractivity contribution is -0.125. The SMILES string of the molecule is COc1cccc([C@@H]2CN(C(=O)c3ccccc3C)C[C@@H]2C(=O)NCc2ccc(F)cc2)c1. The summed E-state index contributed by atoms with van der Waals surface area (Å²) in [6.07, 6.45) is 0. The van der Waals surface area contributed by atoms with Crippen LogP contribution in [0.1, 0.15) is 33.0 Å². The van der Waals surface area contributed by atoms with E-state index < -0.39 is 5.92 Å². The minimum absolute atomic E-state index is 0.0742. The zero-order chi connectivity index (χ0) is 23.4. The van der Waals surface area contributed by atoms with E-state index in [4.69, 9.17) is 4.74 Å². The fourth-order valence-electron chi connectivity index (χ4n) is 4.35. The monoisotopic (exact) mass is 446 g/mol. The van der Waals surface area contributed by atoms with Gasteiger partial charge in [-0.2, -0.15) is 0 Å². The number of carbonyl (C=O) groups excluding carboxylic acids is 2. The van der Waals surface area contributed by atoms with E-state index in [1.807, 2.05) is 55.5 Å². The summed E-state index contributed by atoms with van der Waals surface area (Å²) in [5, 5.41) is 2.97. The normalized spacial score (nSPS) is 17.6. The predicted molar refractivity (Wildman–Crippen MR) is 125 cm³/mol. The summed E-state index contributed by atoms with van der Waals surface area (Å²) < 4.78 is 18.6. The van der Waals surface area contributed by atoms with E-state index in [0.29, 0.717) is 30.9 Å². The fourth-order valence-corrected chi connectivity index (χ4v) is 4.35. The van der Waals surface area contributed by atoms with Crippen LogP contribution in [0.2, 0.25) is 0 Å². The van der Waals surface area contributed by atoms with Crippen molar-refractivity contribution in [2.75, 3.05) is 20.2 Å². The van der Waals surface area contributed by atoms with Gasteiger partial charge >= 0.3 is 0 Å². The van der Waals surface area contributed by atoms with Crippen molar-refractivity contribution in [3.8, 4) is 5.75 Å². The van der Waals surface area contributed by atoms with E-state index in [2.05, 4.69) is 5.32 Å². The second-order valence-electron chi connectivity index (χ2n) is 8.36. The van der Waals surface area contributed by atoms with Gasteiger partial charge in [-0.15, -0.1) is 0 Å². The van der Waals surface area contributed by atoms with Gasteiger partial charge in [0.2, 0.25) is 5.91 Å². The Hall–Kier alpha value is -3.67. The molecule has 33 heavy (non-hydrogen) atoms. The van der Waals surface area contributed by atoms with E-state index in [1.165, 1.54) is 12.1 Å². The first-order chi connectivity index (χ1) is 16.0. The molecule has 5 nitrogen and oxygen atoms in total. The third-order valence-electron chi connectivity index (χ3n) is 6.22. The minimum atomic E-state index is -0.412. The number of halogens is 1. The van der Waals surface area contributed by atoms with Gasteiger partial charge in [-0.25, -0.2) is 4.39 Å². The Labute approximate surface area is 193 Å². The number of carbonyl (C=O) groups is 2. The van der Waals surface area contributed by atoms with Crippen molar-refractivity contribution < 1.29 is 18.7 Å². The van der Waals surface area contributed by atoms with Gasteiger partial charge in [-0.3, -0.25) is 9.59 Å². The maximum atomic E-state index is 13.3. The highest BCUT2D eigenvalue weighted by Gasteiger charge is 2.40. The Kier molecular flexibility index (Phi) is 6.73. The van der Waals surface area contributed by atoms with Crippen molar-refractivity contribution in [2.24, 2.45) is 5.92 Å². The van der Waals surface area contributed by atoms with Crippen LogP contribution in [-0.2, 0) is 11.3 Å². The van der Waals surface area contributed by atoms with Crippen LogP contribution in [0, 0.1) is 18.7 Å². The lowest BCUT2D eigenvalue weighted by Gasteiger charge is -2.19. The Morgan fingerprint density at radius 1 is 1.03 bits per heavy atom. The molecule has 1 saturated heterocycles. The van der Waals surface area contributed by atoms with Crippen LogP contribution in [0.5, 0.6) is 5.75 Å². The molecular weight excluding hydrogens is 419 g/mol. The number of likely N-dealkylation sites (tertiary alicyclic amines) is 1. The molecule has 1 aliphatic rings. The molecule has 2 amide bonds. The van der Waals surface area contributed by atoms with Crippen LogP contribution in [0.15, 0.2) is 72.8 Å². The van der Waals surface area contributed by atoms with E-state index in [0.717, 1.165) is 16.7 Å². The zero-order valence-corrected chi connectivity index (χ0v) is 18.8. The molecule has 1 fully saturated rings. The van der Waals surface area contributed by atoms with Crippen molar-refractivity contribution in [2.45, 2.75) is 19.4 Å². The first kappa shape index (κ1) is 22.5. The first-order valence-corrected chi connectivity index (χ1v) is 11.0. The number of nitrogens with one attached hydrogen (secondary N) is 1. The molecule has 3 aromatic carbocycles. The molecule has 1 heterocycles. The summed E-state index contributed by atoms with van der Waals surface area (Å²) in [4.78, 5) is 28.3. The van der Waals surface area contributed by atoms with Crippen molar-refractivity contribution in [1.82, 2.24) is 10.2 Å². The second kappa shape index (κ2) is 9.86. The standard InChI is InChI=1S/C27H27FN2O3/c1-18-6-3-4-9-23(18)27(32)30-16-24(20-7-5-8-22(14-20)33-2)25(17-30)26(31)29-15-19-10-12-21(28)13-11-19/h3-14,24-25H,15-17H2,1-2H3,(H,29,31)/t24-,25-/m0/s1. The number of benzene rings is 3. The van der Waals surface area contributed by atoms with Crippen LogP contribution in [-0.4, -0.2) is 36.9 Å². The number of methoxy groups -OCH3 is 1. The van der Waals surface area contributed by atoms with Gasteiger partial charge in [-0.1, -0.05) is 42.5 Å². The molecule has 6 heteroatoms. The lowest BCUT2D eigenvalue weighted by Crippen LogP contribution is -2.35. The Morgan fingerprint density at radius 2 is 1.79 bits per heavy atom. The molecule has 0 radical (unpaired) electrons. The summed E-state index contributed by atoms with van der Waals surface area (Å²) in [7, 11) is 1.61. The number of ether oxygens (including phenoxy) is 1. The average molecular weight is 447 g/mol. The van der Waals surface area contributed by atoms with Gasteiger partial charge < -0.3 is 15.0 Å². The van der Waals surface area contributed by atoms with Crippen LogP contribution < -0.4 is 10.1 Å². The van der Waals surface area contributed by atoms with Gasteiger partial charge in [0.1, 0.15) is 11.6 Å². The topological polar surface area (TPSA) is 58.6 Å². The Balaban J connectivity index is 1.57. The molecule has 0 bridgehead atoms. The average Bonchev–Trinajstić information content (AvgIpc) is 3.29. The van der Waals surface area contributed by atoms with Crippen molar-refractivity contribution in [3.63, 3.8) is 0 Å². The second-order valence-corrected chi connectivity index (χ2v) is 8.36. The highest BCUT2D eigenvalue weighted by atomic mass is 19.1. The van der Waals surface area contributed by atoms with Gasteiger partial charge in [0, 0.05) is 31.1 Å². The third-order valence-corrected chi connectivity index (χ3v) is 6.22. The smallest absolute Gasteiger partial charge is 0.254 e. The summed E-state index contributed by atoms with van der Waals surface area (Å²) in [6.45, 7) is 2.97. The van der Waals surface area contributed by atoms with Crippen molar-refractivity contribution in [3.05, 3.63) is 101 Å². The number of aryl methyl sites for hydroxylation is 1. The van der Waals surface area contributed by atoms with Gasteiger partial charge in [0.05, 0.1) is 13.0 Å². The van der Waals surface area contributed by atoms with Gasteiger partial charge in [0.15, 0.2) is 0 Å². The largest absolute Gasteiger partial charge is 0.497 e. The Bertz CT molecular complexity index is 1150. The number of hydrogen-bond donors (Lipinski definition) is 1. The summed E-state index contributed by atoms with van der Waals surface area (Å²) in [5.41, 5.74) is 3.32. The molecule has 170 valence electrons. The number of rotatable bonds is 6. The maximum absolute atomic E-state index is 13.3. The zero-order valence-electron chi connectivity index (χ0n) is 18.8. The molecule has 0 aromatic heterocycles. The number of nitrogens with zero attached hydrogens (tertiary/aromatic N) is 1. The van der Waals surface area contributed by atoms with Crippen molar-refractivity contribution in [1.29, 1.82) is 0 Å². The van der Waals surface area contributed by atoms with E-state index in [9.17, 15) is 14.0 Å². The number of hydrogen-bond acceptors (Lipinski definition) is 3. The van der Waals surface area contributed by atoms with E-state index >= 15 is 0 Å². The molecule has 4 rings (SSSR count). The first-order valence-electron chi connectivity index (χ1n) is 11.0. The lowest BCUT2D eigenvalue weighted by atomic mass is 9.88. The molecule has 0 saturated carbocycles. The highest BCUT2D eigenvalue weighted by molar-refractivity contribution is 5.96. The van der Waals surface area contributed by atoms with Crippen LogP contribution in [0.25, 0.3) is 0 Å². The fraction of sp³-hybridized carbons (Fsp3) is 0.259. The van der Waals surface area contributed by atoms with Gasteiger partial charge in [-0.05, 0) is 53.9 Å². The summed E-state index contributed by atoms with van der Waals surface area (Å²) >= 11 is 0. The molecular formula is C27H27FN2O3. The molecule has 2 atom stereocenters. The van der Waals surface area contributed by atoms with Gasteiger partial charge in [0.25, 0.3) is 5.91 Å². The van der Waals surface area contributed by atoms with Crippen molar-refractivity contribution >= 4 is 11.8 Å². The summed E-state index contributed by atoms with van der Waals surface area (Å²) in [5.74, 6) is -0.389. The Morgan fingerprint density at radius 3 is 2.52 bits per heavy atom. The maximum Gasteiger partial charge on any atom is 0.254 e. The third kappa shape index (κ3) is 5.06. The minimum Gasteiger partial charge on any atom is -0.497 e. The van der Waals surface area contributed by atoms with E-state index in [1.54, 1.807) is 24.1 Å². The van der Waals surface area contributed by atoms with Crippen LogP contribution >= 0.6 is 0 Å². The molecule has 0 aliphatic carbocycles. The highest BCUT2D eigenvalue weighted by Crippen LogP contribution is 2.35. The predicted octanol–water partition coefficient (Wildman–Crippen LogP) is 4.31. The van der Waals surface area contributed by atoms with Crippen LogP contribution in [0.4, 0.5) is 4.39 Å². The number of amides is 2. The molecule has 1 N–H and O–H groups in total. The molecule has 1 aliphatic heterocycles.